The Hall–Kier alpha value is -2.84. The van der Waals surface area contributed by atoms with Crippen LogP contribution >= 0.6 is 23.5 Å². The maximum absolute atomic E-state index is 13.3. The van der Waals surface area contributed by atoms with Crippen LogP contribution in [0.4, 0.5) is 4.39 Å². The van der Waals surface area contributed by atoms with Crippen LogP contribution in [0.5, 0.6) is 0 Å². The molecule has 0 radical (unpaired) electrons. The van der Waals surface area contributed by atoms with Gasteiger partial charge in [-0.15, -0.1) is 11.8 Å². The fourth-order valence-electron chi connectivity index (χ4n) is 3.31. The molecule has 4 rings (SSSR count). The van der Waals surface area contributed by atoms with Crippen LogP contribution in [0.2, 0.25) is 0 Å². The number of benzene rings is 2. The molecule has 0 saturated heterocycles. The molecule has 0 aliphatic carbocycles. The van der Waals surface area contributed by atoms with E-state index in [1.807, 2.05) is 13.0 Å². The van der Waals surface area contributed by atoms with Crippen LogP contribution in [0.25, 0.3) is 16.8 Å². The van der Waals surface area contributed by atoms with Gasteiger partial charge in [0.15, 0.2) is 5.65 Å². The fourth-order valence-corrected chi connectivity index (χ4v) is 4.61. The van der Waals surface area contributed by atoms with Crippen LogP contribution in [0.15, 0.2) is 70.7 Å². The number of carbonyl (C=O) groups is 1. The molecule has 0 atom stereocenters. The number of carbonyl (C=O) groups excluding carboxylic acids is 1. The summed E-state index contributed by atoms with van der Waals surface area (Å²) in [4.78, 5) is 18.2. The Kier molecular flexibility index (Phi) is 7.12. The van der Waals surface area contributed by atoms with Gasteiger partial charge in [-0.05, 0) is 61.1 Å². The lowest BCUT2D eigenvalue weighted by molar-refractivity contribution is -0.118. The fraction of sp³-hybridized carbons (Fsp3) is 0.208. The Bertz CT molecular complexity index is 1220. The SMILES string of the molecule is CSc1ccc(CCNC(=O)CSc2cc(C)nc3c(-c4ccc(F)cc4)cnn23)cc1. The number of aryl methyl sites for hydroxylation is 1. The van der Waals surface area contributed by atoms with Crippen LogP contribution < -0.4 is 5.32 Å². The quantitative estimate of drug-likeness (QED) is 0.292. The molecule has 0 spiro atoms. The first-order chi connectivity index (χ1) is 15.5. The van der Waals surface area contributed by atoms with Gasteiger partial charge in [-0.3, -0.25) is 4.79 Å². The number of halogens is 1. The maximum Gasteiger partial charge on any atom is 0.230 e. The van der Waals surface area contributed by atoms with Gasteiger partial charge in [0.2, 0.25) is 5.91 Å². The number of fused-ring (bicyclic) bond motifs is 1. The Morgan fingerprint density at radius 2 is 1.88 bits per heavy atom. The minimum atomic E-state index is -0.284. The van der Waals surface area contributed by atoms with E-state index in [0.29, 0.717) is 12.2 Å². The molecule has 1 amide bonds. The molecule has 2 aromatic carbocycles. The monoisotopic (exact) mass is 466 g/mol. The third-order valence-corrected chi connectivity index (χ3v) is 6.71. The Balaban J connectivity index is 1.39. The minimum Gasteiger partial charge on any atom is -0.355 e. The van der Waals surface area contributed by atoms with E-state index in [1.54, 1.807) is 34.6 Å². The number of nitrogens with one attached hydrogen (secondary N) is 1. The molecule has 8 heteroatoms. The third-order valence-electron chi connectivity index (χ3n) is 4.97. The predicted octanol–water partition coefficient (Wildman–Crippen LogP) is 5.02. The predicted molar refractivity (Wildman–Crippen MR) is 129 cm³/mol. The molecular formula is C24H23FN4OS2. The van der Waals surface area contributed by atoms with E-state index in [4.69, 9.17) is 0 Å². The zero-order chi connectivity index (χ0) is 22.5. The Morgan fingerprint density at radius 1 is 1.12 bits per heavy atom. The second kappa shape index (κ2) is 10.2. The standard InChI is InChI=1S/C24H23FN4OS2/c1-16-13-23(29-24(28-16)21(14-27-29)18-5-7-19(25)8-6-18)32-15-22(30)26-12-11-17-3-9-20(31-2)10-4-17/h3-10,13-14H,11-12,15H2,1-2H3,(H,26,30). The molecule has 0 unspecified atom stereocenters. The van der Waals surface area contributed by atoms with Gasteiger partial charge in [-0.2, -0.15) is 5.10 Å². The lowest BCUT2D eigenvalue weighted by Crippen LogP contribution is -2.27. The largest absolute Gasteiger partial charge is 0.355 e. The lowest BCUT2D eigenvalue weighted by atomic mass is 10.1. The van der Waals surface area contributed by atoms with Crippen molar-refractivity contribution in [3.05, 3.63) is 77.9 Å². The third kappa shape index (κ3) is 5.31. The average molecular weight is 467 g/mol. The van der Waals surface area contributed by atoms with Crippen molar-refractivity contribution in [2.24, 2.45) is 0 Å². The maximum atomic E-state index is 13.3. The summed E-state index contributed by atoms with van der Waals surface area (Å²) < 4.78 is 15.0. The van der Waals surface area contributed by atoms with Crippen molar-refractivity contribution in [1.82, 2.24) is 19.9 Å². The molecule has 5 nitrogen and oxygen atoms in total. The van der Waals surface area contributed by atoms with Crippen LogP contribution in [-0.2, 0) is 11.2 Å². The number of nitrogens with zero attached hydrogens (tertiary/aromatic N) is 3. The van der Waals surface area contributed by atoms with Gasteiger partial charge < -0.3 is 5.32 Å². The van der Waals surface area contributed by atoms with Crippen molar-refractivity contribution >= 4 is 35.1 Å². The zero-order valence-corrected chi connectivity index (χ0v) is 19.5. The van der Waals surface area contributed by atoms with Crippen LogP contribution in [0.3, 0.4) is 0 Å². The lowest BCUT2D eigenvalue weighted by Gasteiger charge is -2.08. The van der Waals surface area contributed by atoms with Crippen LogP contribution in [0.1, 0.15) is 11.3 Å². The van der Waals surface area contributed by atoms with E-state index >= 15 is 0 Å². The molecule has 2 heterocycles. The molecule has 0 saturated carbocycles. The molecule has 4 aromatic rings. The van der Waals surface area contributed by atoms with Crippen LogP contribution in [0, 0.1) is 12.7 Å². The van der Waals surface area contributed by atoms with Gasteiger partial charge >= 0.3 is 0 Å². The van der Waals surface area contributed by atoms with Gasteiger partial charge in [0.1, 0.15) is 10.8 Å². The van der Waals surface area contributed by atoms with Gasteiger partial charge in [0.05, 0.1) is 11.9 Å². The van der Waals surface area contributed by atoms with Crippen molar-refractivity contribution in [2.75, 3.05) is 18.6 Å². The van der Waals surface area contributed by atoms with Crippen molar-refractivity contribution in [1.29, 1.82) is 0 Å². The number of rotatable bonds is 8. The molecular weight excluding hydrogens is 443 g/mol. The summed E-state index contributed by atoms with van der Waals surface area (Å²) in [5, 5.41) is 8.28. The normalized spacial score (nSPS) is 11.1. The van der Waals surface area contributed by atoms with E-state index in [0.717, 1.165) is 28.3 Å². The van der Waals surface area contributed by atoms with E-state index in [9.17, 15) is 9.18 Å². The van der Waals surface area contributed by atoms with E-state index < -0.39 is 0 Å². The molecule has 32 heavy (non-hydrogen) atoms. The van der Waals surface area contributed by atoms with Crippen molar-refractivity contribution in [3.63, 3.8) is 0 Å². The molecule has 1 N–H and O–H groups in total. The minimum absolute atomic E-state index is 0.0238. The number of hydrogen-bond acceptors (Lipinski definition) is 5. The topological polar surface area (TPSA) is 59.3 Å². The van der Waals surface area contributed by atoms with Crippen molar-refractivity contribution < 1.29 is 9.18 Å². The summed E-state index contributed by atoms with van der Waals surface area (Å²) in [6.45, 7) is 2.51. The first-order valence-electron chi connectivity index (χ1n) is 10.2. The Labute approximate surface area is 194 Å². The highest BCUT2D eigenvalue weighted by Gasteiger charge is 2.13. The number of hydrogen-bond donors (Lipinski definition) is 1. The first-order valence-corrected chi connectivity index (χ1v) is 12.4. The summed E-state index contributed by atoms with van der Waals surface area (Å²) in [6, 6.07) is 16.6. The van der Waals surface area contributed by atoms with Crippen LogP contribution in [-0.4, -0.2) is 39.1 Å². The van der Waals surface area contributed by atoms with Gasteiger partial charge in [0, 0.05) is 22.7 Å². The Morgan fingerprint density at radius 3 is 2.59 bits per heavy atom. The van der Waals surface area contributed by atoms with E-state index in [2.05, 4.69) is 45.9 Å². The summed E-state index contributed by atoms with van der Waals surface area (Å²) in [6.07, 6.45) is 4.57. The highest BCUT2D eigenvalue weighted by molar-refractivity contribution is 7.99. The number of amides is 1. The summed E-state index contributed by atoms with van der Waals surface area (Å²) in [5.74, 6) is -0.0201. The highest BCUT2D eigenvalue weighted by Crippen LogP contribution is 2.27. The second-order valence-corrected chi connectivity index (χ2v) is 9.15. The summed E-state index contributed by atoms with van der Waals surface area (Å²) in [5.41, 5.74) is 4.39. The molecule has 164 valence electrons. The van der Waals surface area contributed by atoms with Crippen molar-refractivity contribution in [3.8, 4) is 11.1 Å². The van der Waals surface area contributed by atoms with E-state index in [1.165, 1.54) is 34.4 Å². The summed E-state index contributed by atoms with van der Waals surface area (Å²) in [7, 11) is 0. The number of thioether (sulfide) groups is 2. The average Bonchev–Trinajstić information content (AvgIpc) is 3.22. The molecule has 0 fully saturated rings. The zero-order valence-electron chi connectivity index (χ0n) is 17.8. The first kappa shape index (κ1) is 22.4. The van der Waals surface area contributed by atoms with Crippen molar-refractivity contribution in [2.45, 2.75) is 23.3 Å². The number of aromatic nitrogens is 3. The highest BCUT2D eigenvalue weighted by atomic mass is 32.2. The van der Waals surface area contributed by atoms with E-state index in [-0.39, 0.29) is 17.5 Å². The molecule has 0 aliphatic heterocycles. The van der Waals surface area contributed by atoms with Gasteiger partial charge in [-0.1, -0.05) is 36.0 Å². The second-order valence-electron chi connectivity index (χ2n) is 7.27. The van der Waals surface area contributed by atoms with Gasteiger partial charge in [-0.25, -0.2) is 13.9 Å². The smallest absolute Gasteiger partial charge is 0.230 e. The molecule has 2 aromatic heterocycles. The summed E-state index contributed by atoms with van der Waals surface area (Å²) >= 11 is 3.13. The molecule has 0 aliphatic rings. The van der Waals surface area contributed by atoms with Gasteiger partial charge in [0.25, 0.3) is 0 Å². The molecule has 0 bridgehead atoms.